The van der Waals surface area contributed by atoms with Crippen LogP contribution < -0.4 is 20.9 Å². The van der Waals surface area contributed by atoms with Crippen molar-refractivity contribution in [2.75, 3.05) is 23.4 Å². The Hall–Kier alpha value is -5.52. The van der Waals surface area contributed by atoms with E-state index in [2.05, 4.69) is 17.5 Å². The molecule has 2 atom stereocenters. The minimum Gasteiger partial charge on any atom is -0.368 e. The van der Waals surface area contributed by atoms with Gasteiger partial charge < -0.3 is 20.9 Å². The first-order valence-corrected chi connectivity index (χ1v) is 13.2. The second kappa shape index (κ2) is 10.8. The van der Waals surface area contributed by atoms with Gasteiger partial charge in [0.1, 0.15) is 11.6 Å². The molecule has 0 spiro atoms. The number of likely N-dealkylation sites (N-methyl/N-ethyl adjacent to an activating group) is 1. The fraction of sp³-hybridized carbons (Fsp3) is 0.226. The van der Waals surface area contributed by atoms with Gasteiger partial charge in [0.15, 0.2) is 0 Å². The highest BCUT2D eigenvalue weighted by molar-refractivity contribution is 6.08. The van der Waals surface area contributed by atoms with Crippen LogP contribution in [0.2, 0.25) is 0 Å². The normalized spacial score (nSPS) is 16.2. The number of para-hydroxylation sites is 2. The Morgan fingerprint density at radius 2 is 1.76 bits per heavy atom. The molecule has 5 rings (SSSR count). The quantitative estimate of drug-likeness (QED) is 0.366. The van der Waals surface area contributed by atoms with Crippen LogP contribution in [-0.4, -0.2) is 46.6 Å². The van der Waals surface area contributed by atoms with Gasteiger partial charge in [0.2, 0.25) is 17.7 Å². The summed E-state index contributed by atoms with van der Waals surface area (Å²) >= 11 is 0. The molecule has 1 unspecified atom stereocenters. The number of carbonyl (C=O) groups is 3. The highest BCUT2D eigenvalue weighted by Gasteiger charge is 2.48. The van der Waals surface area contributed by atoms with E-state index in [9.17, 15) is 24.9 Å². The van der Waals surface area contributed by atoms with Gasteiger partial charge in [0.05, 0.1) is 57.9 Å². The van der Waals surface area contributed by atoms with Crippen LogP contribution in [0.25, 0.3) is 16.6 Å². The van der Waals surface area contributed by atoms with Gasteiger partial charge in [0, 0.05) is 18.9 Å². The number of primary amides is 1. The number of fused-ring (bicyclic) bond motifs is 2. The van der Waals surface area contributed by atoms with Gasteiger partial charge >= 0.3 is 0 Å². The number of carbonyl (C=O) groups excluding carboxylic acids is 3. The van der Waals surface area contributed by atoms with Gasteiger partial charge in [-0.05, 0) is 50.4 Å². The number of hydrogen-bond donors (Lipinski definition) is 2. The molecule has 0 bridgehead atoms. The molecule has 11 heteroatoms. The standard InChI is InChI=1S/C31H28N8O3/c1-19(40)37-17-23(31(2,35-3)30(34)42)29(41)38(27-13-12-20(15-32)14-28(27)37)18-24-22-9-5-7-11-26(22)39(36-24)25-10-6-4-8-21(25)16-33/h4-14,23,35H,17-18H2,1-3H3,(H2,34,42)/t23-,31?/m1/s1. The number of nitrogens with one attached hydrogen (secondary N) is 1. The lowest BCUT2D eigenvalue weighted by Crippen LogP contribution is -2.63. The van der Waals surface area contributed by atoms with Crippen molar-refractivity contribution in [1.82, 2.24) is 15.1 Å². The van der Waals surface area contributed by atoms with Crippen LogP contribution in [0.4, 0.5) is 11.4 Å². The van der Waals surface area contributed by atoms with Gasteiger partial charge in [-0.15, -0.1) is 0 Å². The maximum Gasteiger partial charge on any atom is 0.238 e. The molecule has 3 aromatic carbocycles. The summed E-state index contributed by atoms with van der Waals surface area (Å²) in [6.07, 6.45) is 0. The van der Waals surface area contributed by atoms with Crippen molar-refractivity contribution in [3.63, 3.8) is 0 Å². The lowest BCUT2D eigenvalue weighted by Gasteiger charge is -2.36. The van der Waals surface area contributed by atoms with E-state index >= 15 is 0 Å². The van der Waals surface area contributed by atoms with Crippen molar-refractivity contribution in [1.29, 1.82) is 10.5 Å². The third-order valence-electron chi connectivity index (χ3n) is 7.95. The Morgan fingerprint density at radius 3 is 2.43 bits per heavy atom. The molecule has 0 saturated carbocycles. The molecule has 0 radical (unpaired) electrons. The summed E-state index contributed by atoms with van der Waals surface area (Å²) in [5.74, 6) is -2.64. The number of amides is 3. The Morgan fingerprint density at radius 1 is 1.05 bits per heavy atom. The number of rotatable bonds is 6. The third kappa shape index (κ3) is 4.52. The van der Waals surface area contributed by atoms with Gasteiger partial charge in [-0.3, -0.25) is 14.4 Å². The molecule has 4 aromatic rings. The van der Waals surface area contributed by atoms with Crippen molar-refractivity contribution in [3.05, 3.63) is 83.6 Å². The van der Waals surface area contributed by atoms with Crippen LogP contribution in [0.3, 0.4) is 0 Å². The predicted molar refractivity (Wildman–Crippen MR) is 156 cm³/mol. The number of nitrogens with zero attached hydrogens (tertiary/aromatic N) is 6. The topological polar surface area (TPSA) is 161 Å². The van der Waals surface area contributed by atoms with E-state index < -0.39 is 23.3 Å². The van der Waals surface area contributed by atoms with Crippen LogP contribution >= 0.6 is 0 Å². The van der Waals surface area contributed by atoms with Crippen molar-refractivity contribution in [2.24, 2.45) is 11.7 Å². The Labute approximate surface area is 242 Å². The zero-order chi connectivity index (χ0) is 30.2. The van der Waals surface area contributed by atoms with Crippen LogP contribution in [0, 0.1) is 28.6 Å². The SMILES string of the molecule is CNC(C)(C(N)=O)[C@@H]1CN(C(C)=O)c2cc(C#N)ccc2N(Cc2nn(-c3ccccc3C#N)c3ccccc23)C1=O. The Balaban J connectivity index is 1.74. The van der Waals surface area contributed by atoms with Gasteiger partial charge in [0.25, 0.3) is 0 Å². The predicted octanol–water partition coefficient (Wildman–Crippen LogP) is 2.75. The first-order valence-electron chi connectivity index (χ1n) is 13.2. The molecule has 1 aromatic heterocycles. The maximum absolute atomic E-state index is 14.5. The summed E-state index contributed by atoms with van der Waals surface area (Å²) in [5.41, 5.74) is 7.63. The zero-order valence-corrected chi connectivity index (χ0v) is 23.3. The molecule has 42 heavy (non-hydrogen) atoms. The molecule has 0 fully saturated rings. The number of nitriles is 2. The monoisotopic (exact) mass is 560 g/mol. The molecule has 2 heterocycles. The molecule has 3 N–H and O–H groups in total. The molecule has 1 aliphatic heterocycles. The lowest BCUT2D eigenvalue weighted by molar-refractivity contribution is -0.133. The summed E-state index contributed by atoms with van der Waals surface area (Å²) in [6, 6.07) is 23.6. The maximum atomic E-state index is 14.5. The smallest absolute Gasteiger partial charge is 0.238 e. The minimum absolute atomic E-state index is 0.0270. The Bertz CT molecular complexity index is 1830. The van der Waals surface area contributed by atoms with Crippen LogP contribution in [0.5, 0.6) is 0 Å². The van der Waals surface area contributed by atoms with Crippen molar-refractivity contribution in [3.8, 4) is 17.8 Å². The van der Waals surface area contributed by atoms with Crippen molar-refractivity contribution in [2.45, 2.75) is 25.9 Å². The van der Waals surface area contributed by atoms with Gasteiger partial charge in [-0.25, -0.2) is 4.68 Å². The highest BCUT2D eigenvalue weighted by atomic mass is 16.2. The van der Waals surface area contributed by atoms with Crippen LogP contribution in [0.15, 0.2) is 66.7 Å². The molecule has 0 saturated heterocycles. The van der Waals surface area contributed by atoms with Gasteiger partial charge in [-0.2, -0.15) is 15.6 Å². The van der Waals surface area contributed by atoms with Crippen molar-refractivity contribution >= 4 is 40.0 Å². The zero-order valence-electron chi connectivity index (χ0n) is 23.3. The van der Waals surface area contributed by atoms with E-state index in [0.29, 0.717) is 33.9 Å². The largest absolute Gasteiger partial charge is 0.368 e. The second-order valence-electron chi connectivity index (χ2n) is 10.2. The number of benzene rings is 3. The summed E-state index contributed by atoms with van der Waals surface area (Å²) in [7, 11) is 1.54. The minimum atomic E-state index is -1.50. The fourth-order valence-corrected chi connectivity index (χ4v) is 5.40. The molecule has 3 amide bonds. The van der Waals surface area contributed by atoms with E-state index in [1.165, 1.54) is 30.7 Å². The summed E-state index contributed by atoms with van der Waals surface area (Å²) < 4.78 is 1.67. The average molecular weight is 561 g/mol. The summed E-state index contributed by atoms with van der Waals surface area (Å²) in [5, 5.41) is 27.9. The van der Waals surface area contributed by atoms with E-state index in [-0.39, 0.29) is 19.0 Å². The highest BCUT2D eigenvalue weighted by Crippen LogP contribution is 2.39. The first-order chi connectivity index (χ1) is 20.1. The molecular formula is C31H28N8O3. The summed E-state index contributed by atoms with van der Waals surface area (Å²) in [6.45, 7) is 2.73. The van der Waals surface area contributed by atoms with Gasteiger partial charge in [-0.1, -0.05) is 30.3 Å². The number of nitrogens with two attached hydrogens (primary N) is 1. The fourth-order valence-electron chi connectivity index (χ4n) is 5.40. The number of aromatic nitrogens is 2. The molecule has 1 aliphatic rings. The number of hydrogen-bond acceptors (Lipinski definition) is 7. The second-order valence-corrected chi connectivity index (χ2v) is 10.2. The van der Waals surface area contributed by atoms with Crippen LogP contribution in [-0.2, 0) is 20.9 Å². The number of anilines is 2. The summed E-state index contributed by atoms with van der Waals surface area (Å²) in [4.78, 5) is 43.0. The van der Waals surface area contributed by atoms with E-state index in [1.54, 1.807) is 41.1 Å². The van der Waals surface area contributed by atoms with E-state index in [1.807, 2.05) is 30.3 Å². The molecule has 0 aliphatic carbocycles. The lowest BCUT2D eigenvalue weighted by atomic mass is 9.83. The first kappa shape index (κ1) is 28.0. The molecular weight excluding hydrogens is 532 g/mol. The van der Waals surface area contributed by atoms with E-state index in [0.717, 1.165) is 10.9 Å². The van der Waals surface area contributed by atoms with E-state index in [4.69, 9.17) is 10.8 Å². The Kier molecular flexibility index (Phi) is 7.21. The molecule has 210 valence electrons. The average Bonchev–Trinajstić information content (AvgIpc) is 3.31. The van der Waals surface area contributed by atoms with Crippen LogP contribution in [0.1, 0.15) is 30.7 Å². The molecule has 11 nitrogen and oxygen atoms in total. The third-order valence-corrected chi connectivity index (χ3v) is 7.95. The van der Waals surface area contributed by atoms with Crippen molar-refractivity contribution < 1.29 is 14.4 Å².